The highest BCUT2D eigenvalue weighted by Gasteiger charge is 2.11. The molecule has 0 fully saturated rings. The standard InChI is InChI=1S/C15H15NO/c16-13-5-2-6-14(10-13)17-15-8-7-11-3-1-4-12(11)9-15/h2,5-10H,1,3-4,16H2. The summed E-state index contributed by atoms with van der Waals surface area (Å²) in [5, 5.41) is 0. The monoisotopic (exact) mass is 225 g/mol. The lowest BCUT2D eigenvalue weighted by atomic mass is 10.1. The molecule has 2 nitrogen and oxygen atoms in total. The molecule has 2 aromatic carbocycles. The Kier molecular flexibility index (Phi) is 2.48. The minimum atomic E-state index is 0.726. The van der Waals surface area contributed by atoms with Crippen molar-refractivity contribution >= 4 is 5.69 Å². The lowest BCUT2D eigenvalue weighted by Gasteiger charge is -2.08. The highest BCUT2D eigenvalue weighted by Crippen LogP contribution is 2.29. The number of ether oxygens (including phenoxy) is 1. The molecule has 0 saturated heterocycles. The van der Waals surface area contributed by atoms with Gasteiger partial charge in [0.1, 0.15) is 11.5 Å². The van der Waals surface area contributed by atoms with Crippen LogP contribution in [-0.2, 0) is 12.8 Å². The van der Waals surface area contributed by atoms with E-state index in [9.17, 15) is 0 Å². The molecule has 0 saturated carbocycles. The van der Waals surface area contributed by atoms with Crippen molar-refractivity contribution in [2.24, 2.45) is 0 Å². The molecule has 2 heteroatoms. The Labute approximate surface area is 101 Å². The minimum Gasteiger partial charge on any atom is -0.457 e. The number of anilines is 1. The summed E-state index contributed by atoms with van der Waals surface area (Å²) < 4.78 is 5.80. The fourth-order valence-electron chi connectivity index (χ4n) is 2.33. The number of fused-ring (bicyclic) bond motifs is 1. The van der Waals surface area contributed by atoms with E-state index in [4.69, 9.17) is 10.5 Å². The number of benzene rings is 2. The molecular weight excluding hydrogens is 210 g/mol. The molecule has 1 aliphatic rings. The normalized spacial score (nSPS) is 13.4. The molecule has 2 aromatic rings. The Balaban J connectivity index is 1.86. The number of aryl methyl sites for hydroxylation is 2. The third-order valence-electron chi connectivity index (χ3n) is 3.16. The average molecular weight is 225 g/mol. The van der Waals surface area contributed by atoms with Gasteiger partial charge < -0.3 is 10.5 Å². The molecule has 3 rings (SSSR count). The molecule has 86 valence electrons. The van der Waals surface area contributed by atoms with Gasteiger partial charge in [0, 0.05) is 11.8 Å². The first-order valence-corrected chi connectivity index (χ1v) is 5.96. The number of hydrogen-bond donors (Lipinski definition) is 1. The molecule has 0 aliphatic heterocycles. The molecule has 0 atom stereocenters. The van der Waals surface area contributed by atoms with Crippen molar-refractivity contribution in [1.82, 2.24) is 0 Å². The minimum absolute atomic E-state index is 0.726. The molecule has 0 unspecified atom stereocenters. The summed E-state index contributed by atoms with van der Waals surface area (Å²) in [6.07, 6.45) is 3.63. The Morgan fingerprint density at radius 3 is 2.59 bits per heavy atom. The van der Waals surface area contributed by atoms with E-state index in [0.29, 0.717) is 0 Å². The second-order valence-electron chi connectivity index (χ2n) is 4.46. The molecule has 0 heterocycles. The van der Waals surface area contributed by atoms with Crippen molar-refractivity contribution in [3.8, 4) is 11.5 Å². The zero-order valence-corrected chi connectivity index (χ0v) is 9.65. The fourth-order valence-corrected chi connectivity index (χ4v) is 2.33. The molecule has 17 heavy (non-hydrogen) atoms. The maximum atomic E-state index is 5.80. The van der Waals surface area contributed by atoms with Gasteiger partial charge in [0.25, 0.3) is 0 Å². The van der Waals surface area contributed by atoms with Crippen LogP contribution in [0.5, 0.6) is 11.5 Å². The third-order valence-corrected chi connectivity index (χ3v) is 3.16. The van der Waals surface area contributed by atoms with E-state index in [0.717, 1.165) is 17.2 Å². The first-order valence-electron chi connectivity index (χ1n) is 5.96. The summed E-state index contributed by atoms with van der Waals surface area (Å²) in [4.78, 5) is 0. The topological polar surface area (TPSA) is 35.2 Å². The fraction of sp³-hybridized carbons (Fsp3) is 0.200. The number of nitrogens with two attached hydrogens (primary N) is 1. The van der Waals surface area contributed by atoms with Crippen molar-refractivity contribution in [2.45, 2.75) is 19.3 Å². The van der Waals surface area contributed by atoms with Crippen LogP contribution in [0, 0.1) is 0 Å². The van der Waals surface area contributed by atoms with Crippen LogP contribution in [0.25, 0.3) is 0 Å². The third kappa shape index (κ3) is 2.11. The van der Waals surface area contributed by atoms with Crippen molar-refractivity contribution in [3.63, 3.8) is 0 Å². The quantitative estimate of drug-likeness (QED) is 0.793. The molecule has 0 amide bonds. The average Bonchev–Trinajstić information content (AvgIpc) is 2.76. The largest absolute Gasteiger partial charge is 0.457 e. The van der Waals surface area contributed by atoms with Crippen molar-refractivity contribution in [1.29, 1.82) is 0 Å². The van der Waals surface area contributed by atoms with Gasteiger partial charge in [0.2, 0.25) is 0 Å². The van der Waals surface area contributed by atoms with E-state index >= 15 is 0 Å². The Bertz CT molecular complexity index is 548. The SMILES string of the molecule is Nc1cccc(Oc2ccc3c(c2)CCC3)c1. The van der Waals surface area contributed by atoms with Gasteiger partial charge in [0.05, 0.1) is 0 Å². The number of nitrogen functional groups attached to an aromatic ring is 1. The lowest BCUT2D eigenvalue weighted by molar-refractivity contribution is 0.482. The summed E-state index contributed by atoms with van der Waals surface area (Å²) in [7, 11) is 0. The second-order valence-corrected chi connectivity index (χ2v) is 4.46. The Hall–Kier alpha value is -1.96. The summed E-state index contributed by atoms with van der Waals surface area (Å²) in [5.74, 6) is 1.69. The molecule has 0 aromatic heterocycles. The maximum Gasteiger partial charge on any atom is 0.129 e. The molecule has 0 spiro atoms. The van der Waals surface area contributed by atoms with Crippen LogP contribution >= 0.6 is 0 Å². The van der Waals surface area contributed by atoms with Gasteiger partial charge in [-0.2, -0.15) is 0 Å². The number of hydrogen-bond acceptors (Lipinski definition) is 2. The zero-order chi connectivity index (χ0) is 11.7. The molecule has 0 radical (unpaired) electrons. The zero-order valence-electron chi connectivity index (χ0n) is 9.65. The van der Waals surface area contributed by atoms with Gasteiger partial charge in [-0.3, -0.25) is 0 Å². The van der Waals surface area contributed by atoms with Crippen LogP contribution in [-0.4, -0.2) is 0 Å². The van der Waals surface area contributed by atoms with E-state index < -0.39 is 0 Å². The van der Waals surface area contributed by atoms with Crippen LogP contribution < -0.4 is 10.5 Å². The predicted octanol–water partition coefficient (Wildman–Crippen LogP) is 3.55. The summed E-state index contributed by atoms with van der Waals surface area (Å²) in [6, 6.07) is 13.9. The van der Waals surface area contributed by atoms with Crippen LogP contribution in [0.2, 0.25) is 0 Å². The van der Waals surface area contributed by atoms with Crippen LogP contribution in [0.4, 0.5) is 5.69 Å². The Morgan fingerprint density at radius 2 is 1.71 bits per heavy atom. The molecule has 0 bridgehead atoms. The van der Waals surface area contributed by atoms with E-state index in [1.165, 1.54) is 30.4 Å². The van der Waals surface area contributed by atoms with E-state index in [2.05, 4.69) is 12.1 Å². The van der Waals surface area contributed by atoms with Gasteiger partial charge in [0.15, 0.2) is 0 Å². The maximum absolute atomic E-state index is 5.80. The second kappa shape index (κ2) is 4.13. The van der Waals surface area contributed by atoms with Gasteiger partial charge >= 0.3 is 0 Å². The van der Waals surface area contributed by atoms with Gasteiger partial charge in [-0.15, -0.1) is 0 Å². The summed E-state index contributed by atoms with van der Waals surface area (Å²) in [5.41, 5.74) is 9.33. The Morgan fingerprint density at radius 1 is 0.882 bits per heavy atom. The summed E-state index contributed by atoms with van der Waals surface area (Å²) >= 11 is 0. The molecular formula is C15H15NO. The van der Waals surface area contributed by atoms with E-state index in [1.807, 2.05) is 30.3 Å². The van der Waals surface area contributed by atoms with Crippen LogP contribution in [0.3, 0.4) is 0 Å². The number of rotatable bonds is 2. The van der Waals surface area contributed by atoms with Crippen LogP contribution in [0.1, 0.15) is 17.5 Å². The van der Waals surface area contributed by atoms with Gasteiger partial charge in [-0.05, 0) is 54.7 Å². The first-order chi connectivity index (χ1) is 8.31. The first kappa shape index (κ1) is 10.2. The lowest BCUT2D eigenvalue weighted by Crippen LogP contribution is -1.89. The highest BCUT2D eigenvalue weighted by atomic mass is 16.5. The smallest absolute Gasteiger partial charge is 0.129 e. The van der Waals surface area contributed by atoms with Crippen molar-refractivity contribution < 1.29 is 4.74 Å². The molecule has 2 N–H and O–H groups in total. The molecule has 1 aliphatic carbocycles. The van der Waals surface area contributed by atoms with Crippen molar-refractivity contribution in [2.75, 3.05) is 5.73 Å². The predicted molar refractivity (Wildman–Crippen MR) is 69.4 cm³/mol. The van der Waals surface area contributed by atoms with Gasteiger partial charge in [-0.1, -0.05) is 12.1 Å². The van der Waals surface area contributed by atoms with Crippen molar-refractivity contribution in [3.05, 3.63) is 53.6 Å². The van der Waals surface area contributed by atoms with Gasteiger partial charge in [-0.25, -0.2) is 0 Å². The highest BCUT2D eigenvalue weighted by molar-refractivity contribution is 5.46. The van der Waals surface area contributed by atoms with Crippen LogP contribution in [0.15, 0.2) is 42.5 Å². The summed E-state index contributed by atoms with van der Waals surface area (Å²) in [6.45, 7) is 0. The van der Waals surface area contributed by atoms with E-state index in [-0.39, 0.29) is 0 Å². The van der Waals surface area contributed by atoms with E-state index in [1.54, 1.807) is 0 Å².